The summed E-state index contributed by atoms with van der Waals surface area (Å²) < 4.78 is 38.0. The molecule has 7 aromatic carbocycles. The van der Waals surface area contributed by atoms with Crippen molar-refractivity contribution in [2.24, 2.45) is 10.7 Å². The number of rotatable bonds is 8. The van der Waals surface area contributed by atoms with Gasteiger partial charge < -0.3 is 19.6 Å². The van der Waals surface area contributed by atoms with E-state index in [1.54, 1.807) is 24.3 Å². The van der Waals surface area contributed by atoms with Crippen LogP contribution >= 0.6 is 0 Å². The Morgan fingerprint density at radius 2 is 1.04 bits per heavy atom. The molecular weight excluding hydrogens is 651 g/mol. The Labute approximate surface area is 298 Å². The minimum atomic E-state index is -0.532. The Balaban J connectivity index is 1.17. The average molecular weight is 683 g/mol. The Bertz CT molecular complexity index is 2750. The van der Waals surface area contributed by atoms with E-state index >= 15 is 0 Å². The van der Waals surface area contributed by atoms with Crippen LogP contribution in [0, 0.1) is 11.6 Å². The fraction of sp³-hybridized carbons (Fsp3) is 0.0444. The van der Waals surface area contributed by atoms with E-state index in [-0.39, 0.29) is 18.2 Å². The molecule has 0 aliphatic carbocycles. The first-order valence-corrected chi connectivity index (χ1v) is 17.1. The molecule has 0 aliphatic rings. The summed E-state index contributed by atoms with van der Waals surface area (Å²) in [5.41, 5.74) is 14.7. The zero-order valence-electron chi connectivity index (χ0n) is 28.0. The number of ether oxygens (including phenoxy) is 1. The molecule has 0 fully saturated rings. The Kier molecular flexibility index (Phi) is 7.73. The van der Waals surface area contributed by atoms with Crippen molar-refractivity contribution >= 4 is 49.4 Å². The van der Waals surface area contributed by atoms with E-state index in [2.05, 4.69) is 106 Å². The Morgan fingerprint density at radius 3 is 1.62 bits per heavy atom. The molecule has 5 nitrogen and oxygen atoms in total. The standard InChI is InChI=1S/C45H32F2N4O/c46-31-18-14-29(15-19-31)40(28-52-35-24-20-32(47)21-25-35)49-45(48)30-16-22-34(23-17-30)51-42-13-7-5-11-37(42)39-27-26-38-36-10-4-6-12-41(36)50(43(38)44(39)51)33-8-2-1-3-9-33/h1-27,40H,28H2,(H2,48,49). The molecule has 52 heavy (non-hydrogen) atoms. The zero-order valence-corrected chi connectivity index (χ0v) is 28.0. The average Bonchev–Trinajstić information content (AvgIpc) is 3.71. The lowest BCUT2D eigenvalue weighted by atomic mass is 10.1. The predicted octanol–water partition coefficient (Wildman–Crippen LogP) is 10.7. The second-order valence-corrected chi connectivity index (χ2v) is 12.8. The molecule has 0 amide bonds. The number of hydrogen-bond acceptors (Lipinski definition) is 2. The van der Waals surface area contributed by atoms with E-state index in [0.29, 0.717) is 11.6 Å². The minimum absolute atomic E-state index is 0.128. The van der Waals surface area contributed by atoms with E-state index in [1.807, 2.05) is 18.2 Å². The molecule has 0 aliphatic heterocycles. The molecule has 1 atom stereocenters. The highest BCUT2D eigenvalue weighted by atomic mass is 19.1. The molecule has 9 aromatic rings. The van der Waals surface area contributed by atoms with E-state index in [1.165, 1.54) is 35.0 Å². The van der Waals surface area contributed by atoms with Crippen molar-refractivity contribution in [1.29, 1.82) is 0 Å². The number of hydrogen-bond donors (Lipinski definition) is 1. The number of fused-ring (bicyclic) bond motifs is 7. The minimum Gasteiger partial charge on any atom is -0.491 e. The molecule has 0 spiro atoms. The van der Waals surface area contributed by atoms with Gasteiger partial charge in [0.1, 0.15) is 35.9 Å². The van der Waals surface area contributed by atoms with Crippen LogP contribution in [0.3, 0.4) is 0 Å². The van der Waals surface area contributed by atoms with Crippen LogP contribution < -0.4 is 10.5 Å². The lowest BCUT2D eigenvalue weighted by Gasteiger charge is -2.16. The third-order valence-electron chi connectivity index (χ3n) is 9.68. The van der Waals surface area contributed by atoms with Crippen LogP contribution in [0.2, 0.25) is 0 Å². The fourth-order valence-corrected chi connectivity index (χ4v) is 7.24. The van der Waals surface area contributed by atoms with Gasteiger partial charge in [-0.15, -0.1) is 0 Å². The maximum Gasteiger partial charge on any atom is 0.126 e. The summed E-state index contributed by atoms with van der Waals surface area (Å²) in [5, 5.41) is 4.70. The highest BCUT2D eigenvalue weighted by Gasteiger charge is 2.21. The molecule has 252 valence electrons. The normalized spacial score (nSPS) is 12.6. The molecule has 1 unspecified atom stereocenters. The molecule has 0 saturated heterocycles. The molecular formula is C45H32F2N4O. The SMILES string of the molecule is NC(=NC(COc1ccc(F)cc1)c1ccc(F)cc1)c1ccc(-n2c3ccccc3c3ccc4c5ccccc5n(-c5ccccc5)c4c32)cc1. The Morgan fingerprint density at radius 1 is 0.538 bits per heavy atom. The van der Waals surface area contributed by atoms with Crippen molar-refractivity contribution in [3.05, 3.63) is 187 Å². The number of amidine groups is 1. The van der Waals surface area contributed by atoms with Crippen LogP contribution in [-0.2, 0) is 0 Å². The van der Waals surface area contributed by atoms with E-state index in [0.717, 1.165) is 55.3 Å². The van der Waals surface area contributed by atoms with Gasteiger partial charge in [-0.1, -0.05) is 78.9 Å². The number of aromatic nitrogens is 2. The van der Waals surface area contributed by atoms with Gasteiger partial charge in [0.15, 0.2) is 0 Å². The highest BCUT2D eigenvalue weighted by Crippen LogP contribution is 2.41. The topological polar surface area (TPSA) is 57.5 Å². The second-order valence-electron chi connectivity index (χ2n) is 12.8. The van der Waals surface area contributed by atoms with Gasteiger partial charge >= 0.3 is 0 Å². The molecule has 0 saturated carbocycles. The van der Waals surface area contributed by atoms with Crippen molar-refractivity contribution in [2.45, 2.75) is 6.04 Å². The summed E-state index contributed by atoms with van der Waals surface area (Å²) in [6.45, 7) is 0.128. The molecule has 2 heterocycles. The van der Waals surface area contributed by atoms with Gasteiger partial charge in [-0.2, -0.15) is 0 Å². The molecule has 7 heteroatoms. The predicted molar refractivity (Wildman–Crippen MR) is 207 cm³/mol. The van der Waals surface area contributed by atoms with Crippen molar-refractivity contribution in [3.8, 4) is 17.1 Å². The molecule has 0 radical (unpaired) electrons. The number of aliphatic imine (C=N–C) groups is 1. The monoisotopic (exact) mass is 682 g/mol. The van der Waals surface area contributed by atoms with Crippen LogP contribution in [0.4, 0.5) is 8.78 Å². The van der Waals surface area contributed by atoms with E-state index < -0.39 is 6.04 Å². The van der Waals surface area contributed by atoms with Gasteiger partial charge in [0.25, 0.3) is 0 Å². The molecule has 2 aromatic heterocycles. The summed E-state index contributed by atoms with van der Waals surface area (Å²) in [6.07, 6.45) is 0. The van der Waals surface area contributed by atoms with Crippen LogP contribution in [-0.4, -0.2) is 21.6 Å². The zero-order chi connectivity index (χ0) is 35.2. The van der Waals surface area contributed by atoms with Crippen molar-refractivity contribution in [2.75, 3.05) is 6.61 Å². The molecule has 0 bridgehead atoms. The van der Waals surface area contributed by atoms with Gasteiger partial charge in [-0.05, 0) is 90.5 Å². The van der Waals surface area contributed by atoms with Gasteiger partial charge in [0, 0.05) is 38.5 Å². The van der Waals surface area contributed by atoms with Crippen LogP contribution in [0.15, 0.2) is 169 Å². The number of nitrogens with two attached hydrogens (primary N) is 1. The van der Waals surface area contributed by atoms with Gasteiger partial charge in [-0.3, -0.25) is 4.99 Å². The van der Waals surface area contributed by atoms with Crippen molar-refractivity contribution in [1.82, 2.24) is 9.13 Å². The lowest BCUT2D eigenvalue weighted by molar-refractivity contribution is 0.291. The number of para-hydroxylation sites is 3. The van der Waals surface area contributed by atoms with Gasteiger partial charge in [0.2, 0.25) is 0 Å². The molecule has 2 N–H and O–H groups in total. The third kappa shape index (κ3) is 5.43. The third-order valence-corrected chi connectivity index (χ3v) is 9.68. The van der Waals surface area contributed by atoms with E-state index in [4.69, 9.17) is 15.5 Å². The lowest BCUT2D eigenvalue weighted by Crippen LogP contribution is -2.18. The first-order valence-electron chi connectivity index (χ1n) is 17.1. The maximum atomic E-state index is 13.8. The van der Waals surface area contributed by atoms with Crippen LogP contribution in [0.25, 0.3) is 55.0 Å². The van der Waals surface area contributed by atoms with Gasteiger partial charge in [-0.25, -0.2) is 8.78 Å². The smallest absolute Gasteiger partial charge is 0.126 e. The van der Waals surface area contributed by atoms with E-state index in [9.17, 15) is 8.78 Å². The summed E-state index contributed by atoms with van der Waals surface area (Å²) >= 11 is 0. The van der Waals surface area contributed by atoms with Crippen molar-refractivity contribution < 1.29 is 13.5 Å². The quantitative estimate of drug-likeness (QED) is 0.128. The first kappa shape index (κ1) is 31.3. The summed E-state index contributed by atoms with van der Waals surface area (Å²) in [5.74, 6) is 0.119. The Hall–Kier alpha value is -6.73. The van der Waals surface area contributed by atoms with Crippen LogP contribution in [0.1, 0.15) is 17.2 Å². The van der Waals surface area contributed by atoms with Gasteiger partial charge in [0.05, 0.1) is 22.1 Å². The number of halogens is 2. The summed E-state index contributed by atoms with van der Waals surface area (Å²) in [6, 6.07) is 51.5. The van der Waals surface area contributed by atoms with Crippen LogP contribution in [0.5, 0.6) is 5.75 Å². The largest absolute Gasteiger partial charge is 0.491 e. The first-order chi connectivity index (χ1) is 25.5. The number of benzene rings is 7. The summed E-state index contributed by atoms with van der Waals surface area (Å²) in [4.78, 5) is 4.84. The fourth-order valence-electron chi connectivity index (χ4n) is 7.24. The maximum absolute atomic E-state index is 13.8. The van der Waals surface area contributed by atoms with Crippen molar-refractivity contribution in [3.63, 3.8) is 0 Å². The number of nitrogens with zero attached hydrogens (tertiary/aromatic N) is 3. The summed E-state index contributed by atoms with van der Waals surface area (Å²) in [7, 11) is 0. The second kappa shape index (κ2) is 12.9. The highest BCUT2D eigenvalue weighted by molar-refractivity contribution is 6.23. The molecule has 9 rings (SSSR count).